The number of benzene rings is 3. The van der Waals surface area contributed by atoms with E-state index < -0.39 is 42.0 Å². The fraction of sp³-hybridized carbons (Fsp3) is 0.500. The molecule has 60 heavy (non-hydrogen) atoms. The van der Waals surface area contributed by atoms with Crippen LogP contribution in [0, 0.1) is 6.92 Å². The van der Waals surface area contributed by atoms with Crippen LogP contribution < -0.4 is 19.7 Å². The molecule has 0 atom stereocenters. The van der Waals surface area contributed by atoms with Gasteiger partial charge >= 0.3 is 0 Å². The topological polar surface area (TPSA) is 187 Å². The molecule has 0 bridgehead atoms. The van der Waals surface area contributed by atoms with Gasteiger partial charge in [-0.15, -0.1) is 0 Å². The maximum absolute atomic E-state index is 14.5. The van der Waals surface area contributed by atoms with Crippen molar-refractivity contribution in [2.75, 3.05) is 42.7 Å². The summed E-state index contributed by atoms with van der Waals surface area (Å²) in [5.74, 6) is -1.11. The standard InChI is InChI=1S/C42H60ClN7O7S3/c1-7-9-10-11-12-13-14-15-16-19-26-45-59(54,55)34-23-24-35(43)38(30-34)48-42(51)40(41-47-37-20-17-18-21-39(37)60(56,57)50(41)31(3)4)46-36-25-22-33(29-32(36)5)49(8-2)28-27-44-58(6,52)53/h17-18,20-25,29-31,44-45H,7-16,19,26-28H2,1-6H3,(H,48,51). The Morgan fingerprint density at radius 3 is 2.13 bits per heavy atom. The highest BCUT2D eigenvalue weighted by Gasteiger charge is 2.40. The first-order valence-corrected chi connectivity index (χ1v) is 25.8. The van der Waals surface area contributed by atoms with E-state index in [2.05, 4.69) is 26.7 Å². The van der Waals surface area contributed by atoms with Crippen LogP contribution in [0.5, 0.6) is 0 Å². The molecule has 0 saturated heterocycles. The second-order valence-electron chi connectivity index (χ2n) is 15.2. The van der Waals surface area contributed by atoms with Crippen LogP contribution in [-0.4, -0.2) is 85.5 Å². The maximum Gasteiger partial charge on any atom is 0.278 e. The van der Waals surface area contributed by atoms with Crippen LogP contribution in [0.3, 0.4) is 0 Å². The molecule has 1 aliphatic rings. The van der Waals surface area contributed by atoms with Crippen molar-refractivity contribution in [3.05, 3.63) is 71.2 Å². The normalized spacial score (nSPS) is 14.2. The number of sulfonamides is 3. The number of anilines is 2. The quantitative estimate of drug-likeness (QED) is 0.0595. The predicted molar refractivity (Wildman–Crippen MR) is 244 cm³/mol. The number of aliphatic imine (C=N–C) groups is 2. The van der Waals surface area contributed by atoms with Gasteiger partial charge in [0.25, 0.3) is 15.9 Å². The third-order valence-electron chi connectivity index (χ3n) is 9.96. The van der Waals surface area contributed by atoms with Gasteiger partial charge in [0.05, 0.1) is 33.2 Å². The number of aryl methyl sites for hydroxylation is 1. The van der Waals surface area contributed by atoms with E-state index in [9.17, 15) is 30.0 Å². The monoisotopic (exact) mass is 905 g/mol. The molecule has 1 aliphatic heterocycles. The van der Waals surface area contributed by atoms with Crippen molar-refractivity contribution in [3.63, 3.8) is 0 Å². The van der Waals surface area contributed by atoms with E-state index in [0.29, 0.717) is 30.8 Å². The number of amides is 1. The molecule has 0 fully saturated rings. The number of carbonyl (C=O) groups is 1. The minimum absolute atomic E-state index is 0.0275. The number of nitrogens with zero attached hydrogens (tertiary/aromatic N) is 4. The van der Waals surface area contributed by atoms with Crippen molar-refractivity contribution < 1.29 is 30.0 Å². The summed E-state index contributed by atoms with van der Waals surface area (Å²) in [6.07, 6.45) is 12.3. The number of rotatable bonds is 24. The molecule has 14 nitrogen and oxygen atoms in total. The minimum Gasteiger partial charge on any atom is -0.370 e. The number of para-hydroxylation sites is 1. The Kier molecular flexibility index (Phi) is 18.1. The summed E-state index contributed by atoms with van der Waals surface area (Å²) in [5, 5.41) is 2.74. The van der Waals surface area contributed by atoms with Gasteiger partial charge in [0, 0.05) is 37.9 Å². The van der Waals surface area contributed by atoms with Crippen molar-refractivity contribution in [1.29, 1.82) is 0 Å². The van der Waals surface area contributed by atoms with Crippen LogP contribution in [0.1, 0.15) is 97.5 Å². The van der Waals surface area contributed by atoms with E-state index in [0.717, 1.165) is 35.5 Å². The summed E-state index contributed by atoms with van der Waals surface area (Å²) in [5.41, 5.74) is 1.47. The van der Waals surface area contributed by atoms with Crippen molar-refractivity contribution in [2.45, 2.75) is 115 Å². The van der Waals surface area contributed by atoms with Crippen LogP contribution in [0.4, 0.5) is 22.7 Å². The lowest BCUT2D eigenvalue weighted by Gasteiger charge is -2.33. The smallest absolute Gasteiger partial charge is 0.278 e. The SMILES string of the molecule is CCCCCCCCCCCCNS(=O)(=O)c1ccc(Cl)c(NC(=O)C(=Nc2ccc(N(CC)CCNS(C)(=O)=O)cc2C)C2=Nc3ccccc3S(=O)(=O)N2C(C)C)c1. The number of fused-ring (bicyclic) bond motifs is 1. The summed E-state index contributed by atoms with van der Waals surface area (Å²) in [6, 6.07) is 14.8. The molecule has 3 aromatic rings. The zero-order valence-corrected chi connectivity index (χ0v) is 38.7. The zero-order valence-electron chi connectivity index (χ0n) is 35.5. The fourth-order valence-corrected chi connectivity index (χ4v) is 10.3. The second kappa shape index (κ2) is 22.3. The molecule has 3 aromatic carbocycles. The van der Waals surface area contributed by atoms with Gasteiger partial charge in [0.1, 0.15) is 4.90 Å². The third kappa shape index (κ3) is 13.6. The first-order valence-electron chi connectivity index (χ1n) is 20.6. The van der Waals surface area contributed by atoms with Gasteiger partial charge in [-0.3, -0.25) is 4.79 Å². The van der Waals surface area contributed by atoms with E-state index in [1.54, 1.807) is 45.0 Å². The Morgan fingerprint density at radius 1 is 0.867 bits per heavy atom. The van der Waals surface area contributed by atoms with Crippen LogP contribution in [0.2, 0.25) is 5.02 Å². The Bertz CT molecular complexity index is 2350. The molecule has 0 radical (unpaired) electrons. The van der Waals surface area contributed by atoms with Crippen LogP contribution in [-0.2, 0) is 34.9 Å². The number of nitrogens with one attached hydrogen (secondary N) is 3. The van der Waals surface area contributed by atoms with Gasteiger partial charge in [0.2, 0.25) is 20.0 Å². The molecule has 1 amide bonds. The number of halogens is 1. The van der Waals surface area contributed by atoms with E-state index in [1.807, 2.05) is 17.9 Å². The van der Waals surface area contributed by atoms with Crippen LogP contribution in [0.15, 0.2) is 80.4 Å². The van der Waals surface area contributed by atoms with Crippen LogP contribution >= 0.6 is 11.6 Å². The number of carbonyl (C=O) groups excluding carboxylic acids is 1. The Hall–Kier alpha value is -3.87. The molecule has 0 aromatic heterocycles. The summed E-state index contributed by atoms with van der Waals surface area (Å²) in [4.78, 5) is 25.8. The minimum atomic E-state index is -4.21. The largest absolute Gasteiger partial charge is 0.370 e. The summed E-state index contributed by atoms with van der Waals surface area (Å²) < 4.78 is 84.5. The summed E-state index contributed by atoms with van der Waals surface area (Å²) >= 11 is 6.55. The molecule has 4 rings (SSSR count). The van der Waals surface area contributed by atoms with Gasteiger partial charge in [-0.1, -0.05) is 88.4 Å². The molecule has 0 saturated carbocycles. The van der Waals surface area contributed by atoms with E-state index in [4.69, 9.17) is 16.6 Å². The molecule has 0 unspecified atom stereocenters. The van der Waals surface area contributed by atoms with Crippen LogP contribution in [0.25, 0.3) is 0 Å². The number of hydrogen-bond acceptors (Lipinski definition) is 10. The highest BCUT2D eigenvalue weighted by Crippen LogP contribution is 2.35. The van der Waals surface area contributed by atoms with E-state index in [-0.39, 0.29) is 50.8 Å². The summed E-state index contributed by atoms with van der Waals surface area (Å²) in [6.45, 7) is 10.6. The fourth-order valence-electron chi connectivity index (χ4n) is 6.80. The van der Waals surface area contributed by atoms with E-state index >= 15 is 0 Å². The summed E-state index contributed by atoms with van der Waals surface area (Å²) in [7, 11) is -11.6. The van der Waals surface area contributed by atoms with E-state index in [1.165, 1.54) is 68.9 Å². The zero-order chi connectivity index (χ0) is 44.1. The van der Waals surface area contributed by atoms with Crippen molar-refractivity contribution >= 4 is 81.9 Å². The number of amidine groups is 1. The number of likely N-dealkylation sites (N-methyl/N-ethyl adjacent to an activating group) is 1. The second-order valence-corrected chi connectivity index (χ2v) is 20.9. The lowest BCUT2D eigenvalue weighted by atomic mass is 10.1. The van der Waals surface area contributed by atoms with Gasteiger partial charge in [-0.2, -0.15) is 0 Å². The molecule has 0 aliphatic carbocycles. The molecule has 330 valence electrons. The van der Waals surface area contributed by atoms with Crippen molar-refractivity contribution in [3.8, 4) is 0 Å². The molecule has 3 N–H and O–H groups in total. The Balaban J connectivity index is 1.64. The number of unbranched alkanes of at least 4 members (excludes halogenated alkanes) is 9. The van der Waals surface area contributed by atoms with Gasteiger partial charge in [-0.05, 0) is 88.2 Å². The van der Waals surface area contributed by atoms with Gasteiger partial charge in [-0.25, -0.2) is 49.0 Å². The molecule has 0 spiro atoms. The van der Waals surface area contributed by atoms with Gasteiger partial charge < -0.3 is 10.2 Å². The Morgan fingerprint density at radius 2 is 1.52 bits per heavy atom. The van der Waals surface area contributed by atoms with Crippen molar-refractivity contribution in [2.24, 2.45) is 9.98 Å². The van der Waals surface area contributed by atoms with Gasteiger partial charge in [0.15, 0.2) is 11.5 Å². The first kappa shape index (κ1) is 48.8. The average Bonchev–Trinajstić information content (AvgIpc) is 3.18. The lowest BCUT2D eigenvalue weighted by Crippen LogP contribution is -2.49. The average molecular weight is 907 g/mol. The molecule has 18 heteroatoms. The molecular formula is C42H60ClN7O7S3. The lowest BCUT2D eigenvalue weighted by molar-refractivity contribution is -0.110. The third-order valence-corrected chi connectivity index (χ3v) is 14.5. The van der Waals surface area contributed by atoms with Crippen molar-refractivity contribution in [1.82, 2.24) is 13.7 Å². The molecule has 1 heterocycles. The highest BCUT2D eigenvalue weighted by atomic mass is 35.5. The predicted octanol–water partition coefficient (Wildman–Crippen LogP) is 8.08. The number of hydrogen-bond donors (Lipinski definition) is 3. The first-order chi connectivity index (χ1) is 28.4. The highest BCUT2D eigenvalue weighted by molar-refractivity contribution is 7.90. The maximum atomic E-state index is 14.5. The Labute approximate surface area is 362 Å². The molecular weight excluding hydrogens is 846 g/mol.